The maximum Gasteiger partial charge on any atom is 0.329 e. The number of aliphatic hydroxyl groups is 2. The van der Waals surface area contributed by atoms with Gasteiger partial charge in [0.05, 0.1) is 26.7 Å². The molecule has 1 aromatic rings. The van der Waals surface area contributed by atoms with Crippen LogP contribution in [0.25, 0.3) is 0 Å². The van der Waals surface area contributed by atoms with Gasteiger partial charge >= 0.3 is 5.97 Å². The van der Waals surface area contributed by atoms with Gasteiger partial charge in [-0.1, -0.05) is 30.6 Å². The van der Waals surface area contributed by atoms with Crippen LogP contribution in [0.5, 0.6) is 0 Å². The summed E-state index contributed by atoms with van der Waals surface area (Å²) in [6.07, 6.45) is 9.85. The molecule has 0 aliphatic heterocycles. The number of ether oxygens (including phenoxy) is 1. The van der Waals surface area contributed by atoms with E-state index in [1.807, 2.05) is 18.2 Å². The van der Waals surface area contributed by atoms with Crippen LogP contribution in [0.1, 0.15) is 29.0 Å². The molecule has 2 rings (SSSR count). The van der Waals surface area contributed by atoms with Gasteiger partial charge < -0.3 is 20.1 Å². The zero-order chi connectivity index (χ0) is 22.1. The van der Waals surface area contributed by atoms with Crippen LogP contribution in [0, 0.1) is 24.7 Å². The van der Waals surface area contributed by atoms with Gasteiger partial charge in [0.2, 0.25) is 0 Å². The monoisotopic (exact) mass is 496 g/mol. The lowest BCUT2D eigenvalue weighted by Crippen LogP contribution is -2.19. The molecule has 30 heavy (non-hydrogen) atoms. The molecule has 1 aromatic heterocycles. The van der Waals surface area contributed by atoms with Crippen molar-refractivity contribution in [2.45, 2.75) is 51.1 Å². The number of thiophene rings is 1. The molecule has 3 N–H and O–H groups in total. The van der Waals surface area contributed by atoms with Gasteiger partial charge in [0.25, 0.3) is 0 Å². The molecule has 0 saturated heterocycles. The molecule has 0 aromatic carbocycles. The third-order valence-electron chi connectivity index (χ3n) is 5.54. The molecule has 164 valence electrons. The van der Waals surface area contributed by atoms with E-state index in [2.05, 4.69) is 28.9 Å². The molecule has 2 radical (unpaired) electrons. The highest BCUT2D eigenvalue weighted by molar-refractivity contribution is 9.10. The number of aliphatic carboxylic acids is 1. The fourth-order valence-corrected chi connectivity index (χ4v) is 5.55. The van der Waals surface area contributed by atoms with Crippen LogP contribution in [-0.4, -0.2) is 54.6 Å². The normalized spacial score (nSPS) is 25.5. The minimum absolute atomic E-state index is 0.0219. The zero-order valence-corrected chi connectivity index (χ0v) is 19.6. The Bertz CT molecular complexity index is 716. The van der Waals surface area contributed by atoms with E-state index < -0.39 is 18.2 Å². The van der Waals surface area contributed by atoms with Gasteiger partial charge in [-0.15, -0.1) is 11.3 Å². The molecule has 1 saturated carbocycles. The van der Waals surface area contributed by atoms with Crippen molar-refractivity contribution in [3.8, 4) is 0 Å². The second-order valence-corrected chi connectivity index (χ2v) is 9.96. The lowest BCUT2D eigenvalue weighted by molar-refractivity contribution is -0.141. The molecule has 0 spiro atoms. The summed E-state index contributed by atoms with van der Waals surface area (Å²) in [6.45, 7) is 1.98. The summed E-state index contributed by atoms with van der Waals surface area (Å²) in [5, 5.41) is 29.5. The first-order chi connectivity index (χ1) is 14.3. The van der Waals surface area contributed by atoms with E-state index in [9.17, 15) is 15.0 Å². The van der Waals surface area contributed by atoms with Crippen molar-refractivity contribution in [3.63, 3.8) is 0 Å². The van der Waals surface area contributed by atoms with Crippen LogP contribution < -0.4 is 0 Å². The quantitative estimate of drug-likeness (QED) is 0.232. The average Bonchev–Trinajstić information content (AvgIpc) is 3.19. The van der Waals surface area contributed by atoms with E-state index in [1.54, 1.807) is 17.4 Å². The molecule has 0 bridgehead atoms. The average molecular weight is 497 g/mol. The van der Waals surface area contributed by atoms with Crippen molar-refractivity contribution < 1.29 is 24.9 Å². The minimum atomic E-state index is -0.994. The van der Waals surface area contributed by atoms with E-state index in [1.165, 1.54) is 9.75 Å². The number of hydrogen-bond acceptors (Lipinski definition) is 5. The van der Waals surface area contributed by atoms with Crippen molar-refractivity contribution in [3.05, 3.63) is 44.6 Å². The van der Waals surface area contributed by atoms with Gasteiger partial charge in [-0.25, -0.2) is 4.79 Å². The van der Waals surface area contributed by atoms with Crippen molar-refractivity contribution in [1.82, 2.24) is 0 Å². The predicted octanol–water partition coefficient (Wildman–Crippen LogP) is 3.92. The van der Waals surface area contributed by atoms with Gasteiger partial charge in [0, 0.05) is 14.2 Å². The number of carboxylic acid groups (broad SMARTS) is 1. The molecule has 5 nitrogen and oxygen atoms in total. The Balaban J connectivity index is 1.88. The number of allylic oxidation sites excluding steroid dienone is 2. The Morgan fingerprint density at radius 1 is 1.47 bits per heavy atom. The zero-order valence-electron chi connectivity index (χ0n) is 17.2. The molecular weight excluding hydrogens is 467 g/mol. The number of hydrogen-bond donors (Lipinski definition) is 3. The second kappa shape index (κ2) is 12.8. The third-order valence-corrected chi connectivity index (χ3v) is 7.74. The fourth-order valence-electron chi connectivity index (χ4n) is 3.94. The predicted molar refractivity (Wildman–Crippen MR) is 124 cm³/mol. The lowest BCUT2D eigenvalue weighted by atomic mass is 9.80. The number of aryl methyl sites for hydroxylation is 2. The Morgan fingerprint density at radius 2 is 2.23 bits per heavy atom. The summed E-state index contributed by atoms with van der Waals surface area (Å²) in [6, 6.07) is 2.11. The Hall–Kier alpha value is -0.925. The van der Waals surface area contributed by atoms with E-state index in [-0.39, 0.29) is 31.0 Å². The van der Waals surface area contributed by atoms with Crippen LogP contribution in [0.3, 0.4) is 0 Å². The van der Waals surface area contributed by atoms with Crippen LogP contribution in [0.15, 0.2) is 34.8 Å². The number of aliphatic hydroxyl groups excluding tert-OH is 2. The number of carbonyl (C=O) groups is 1. The van der Waals surface area contributed by atoms with Crippen molar-refractivity contribution in [2.75, 3.05) is 13.2 Å². The van der Waals surface area contributed by atoms with Gasteiger partial charge in [0.15, 0.2) is 0 Å². The van der Waals surface area contributed by atoms with E-state index >= 15 is 0 Å². The van der Waals surface area contributed by atoms with Crippen molar-refractivity contribution >= 4 is 41.1 Å². The molecule has 1 unspecified atom stereocenters. The first-order valence-corrected chi connectivity index (χ1v) is 11.9. The van der Waals surface area contributed by atoms with E-state index in [0.29, 0.717) is 25.6 Å². The van der Waals surface area contributed by atoms with Crippen LogP contribution >= 0.6 is 27.3 Å². The molecule has 5 atom stereocenters. The summed E-state index contributed by atoms with van der Waals surface area (Å²) >= 11 is 5.26. The molecule has 1 heterocycles. The molecule has 1 aliphatic rings. The van der Waals surface area contributed by atoms with Crippen molar-refractivity contribution in [1.29, 1.82) is 0 Å². The highest BCUT2D eigenvalue weighted by atomic mass is 79.9. The summed E-state index contributed by atoms with van der Waals surface area (Å²) in [4.78, 5) is 12.9. The van der Waals surface area contributed by atoms with Crippen LogP contribution in [0.4, 0.5) is 0 Å². The molecule has 1 fully saturated rings. The van der Waals surface area contributed by atoms with E-state index in [0.717, 1.165) is 10.9 Å². The summed E-state index contributed by atoms with van der Waals surface area (Å²) in [5.74, 6) is -0.692. The fraction of sp³-hybridized carbons (Fsp3) is 0.591. The largest absolute Gasteiger partial charge is 0.480 e. The van der Waals surface area contributed by atoms with Crippen LogP contribution in [-0.2, 0) is 16.0 Å². The topological polar surface area (TPSA) is 87.0 Å². The minimum Gasteiger partial charge on any atom is -0.480 e. The third kappa shape index (κ3) is 7.96. The van der Waals surface area contributed by atoms with Gasteiger partial charge in [-0.3, -0.25) is 0 Å². The lowest BCUT2D eigenvalue weighted by Gasteiger charge is -2.21. The summed E-state index contributed by atoms with van der Waals surface area (Å²) in [5.41, 5.74) is 0. The van der Waals surface area contributed by atoms with Gasteiger partial charge in [-0.2, -0.15) is 0 Å². The SMILES string of the molecule is [B]C[C@@H]1CC(O)[C@H](CC=CCOCC(=O)O)[C@H]1C=C[C@@H](O)CCc1cc(Br)c(C)s1. The summed E-state index contributed by atoms with van der Waals surface area (Å²) < 4.78 is 6.10. The maximum atomic E-state index is 10.5. The smallest absolute Gasteiger partial charge is 0.329 e. The highest BCUT2D eigenvalue weighted by Gasteiger charge is 2.39. The first kappa shape index (κ1) is 25.3. The standard InChI is InChI=1S/C22H30BBrO5S/c1-14-20(24)11-17(30-14)7-5-16(25)6-8-18-15(12-23)10-21(26)19(18)4-2-3-9-29-13-22(27)28/h2-3,6,8,11,15-16,18-19,21,25-26H,4-5,7,9-10,12-13H2,1H3,(H,27,28)/t15-,16-,18-,19+,21?/m0/s1. The first-order valence-electron chi connectivity index (χ1n) is 10.3. The number of halogens is 1. The summed E-state index contributed by atoms with van der Waals surface area (Å²) in [7, 11) is 5.92. The maximum absolute atomic E-state index is 10.5. The van der Waals surface area contributed by atoms with Gasteiger partial charge in [-0.05, 0) is 72.4 Å². The Labute approximate surface area is 192 Å². The van der Waals surface area contributed by atoms with E-state index in [4.69, 9.17) is 17.7 Å². The number of rotatable bonds is 12. The van der Waals surface area contributed by atoms with Crippen LogP contribution in [0.2, 0.25) is 6.32 Å². The second-order valence-electron chi connectivity index (χ2n) is 7.76. The van der Waals surface area contributed by atoms with Crippen molar-refractivity contribution in [2.24, 2.45) is 17.8 Å². The Kier molecular flexibility index (Phi) is 10.8. The molecule has 8 heteroatoms. The highest BCUT2D eigenvalue weighted by Crippen LogP contribution is 2.42. The molecule has 0 amide bonds. The Morgan fingerprint density at radius 3 is 2.87 bits per heavy atom. The molecular formula is C22H30BBrO5S. The molecule has 1 aliphatic carbocycles. The van der Waals surface area contributed by atoms with Gasteiger partial charge in [0.1, 0.15) is 6.61 Å². The number of carboxylic acids is 1.